The van der Waals surface area contributed by atoms with Gasteiger partial charge in [0.25, 0.3) is 0 Å². The van der Waals surface area contributed by atoms with Crippen LogP contribution < -0.4 is 5.32 Å². The zero-order valence-corrected chi connectivity index (χ0v) is 10.2. The lowest BCUT2D eigenvalue weighted by Crippen LogP contribution is -2.01. The van der Waals surface area contributed by atoms with Crippen molar-refractivity contribution in [1.29, 1.82) is 0 Å². The first-order valence-corrected chi connectivity index (χ1v) is 5.73. The number of nitrogens with one attached hydrogen (secondary N) is 1. The number of anilines is 1. The van der Waals surface area contributed by atoms with Gasteiger partial charge in [0.2, 0.25) is 0 Å². The molecule has 0 aliphatic heterocycles. The van der Waals surface area contributed by atoms with Crippen molar-refractivity contribution in [2.45, 2.75) is 19.8 Å². The number of benzene rings is 1. The van der Waals surface area contributed by atoms with Crippen LogP contribution in [-0.2, 0) is 6.42 Å². The number of fused-ring (bicyclic) bond motifs is 1. The molecule has 0 saturated heterocycles. The zero-order chi connectivity index (χ0) is 13.3. The zero-order valence-electron chi connectivity index (χ0n) is 10.2. The number of rotatable bonds is 3. The molecule has 1 aromatic heterocycles. The molecule has 2 nitrogen and oxygen atoms in total. The number of aromatic nitrogens is 1. The molecule has 1 N–H and O–H groups in total. The van der Waals surface area contributed by atoms with Gasteiger partial charge in [0, 0.05) is 24.5 Å². The second-order valence-corrected chi connectivity index (χ2v) is 4.04. The van der Waals surface area contributed by atoms with Crippen LogP contribution in [-0.4, -0.2) is 12.0 Å². The van der Waals surface area contributed by atoms with Crippen LogP contribution in [0.25, 0.3) is 10.9 Å². The van der Waals surface area contributed by atoms with Gasteiger partial charge in [0.1, 0.15) is 11.3 Å². The minimum absolute atomic E-state index is 0.0174. The highest BCUT2D eigenvalue weighted by molar-refractivity contribution is 5.92. The lowest BCUT2D eigenvalue weighted by Gasteiger charge is -2.10. The Balaban J connectivity index is 2.83. The highest BCUT2D eigenvalue weighted by atomic mass is 19.2. The highest BCUT2D eigenvalue weighted by Gasteiger charge is 2.17. The summed E-state index contributed by atoms with van der Waals surface area (Å²) in [6.45, 7) is 1.95. The minimum Gasteiger partial charge on any atom is -0.387 e. The quantitative estimate of drug-likeness (QED) is 0.846. The highest BCUT2D eigenvalue weighted by Crippen LogP contribution is 2.29. The Morgan fingerprint density at radius 2 is 1.89 bits per heavy atom. The van der Waals surface area contributed by atoms with E-state index in [1.54, 1.807) is 13.1 Å². The molecule has 0 bridgehead atoms. The molecule has 0 radical (unpaired) electrons. The normalized spacial score (nSPS) is 10.9. The fraction of sp³-hybridized carbons (Fsp3) is 0.308. The van der Waals surface area contributed by atoms with E-state index in [0.717, 1.165) is 6.42 Å². The molecule has 0 aliphatic rings. The van der Waals surface area contributed by atoms with Crippen molar-refractivity contribution < 1.29 is 13.2 Å². The standard InChI is InChI=1S/C13H13F3N2/c1-3-4-7-5-10(17-2)11-8(14)6-9(15)12(16)13(11)18-7/h5-6H,3-4H2,1-2H3,(H,17,18). The number of nitrogens with zero attached hydrogens (tertiary/aromatic N) is 1. The molecule has 5 heteroatoms. The molecule has 0 spiro atoms. The summed E-state index contributed by atoms with van der Waals surface area (Å²) < 4.78 is 40.6. The van der Waals surface area contributed by atoms with Crippen LogP contribution in [0.15, 0.2) is 12.1 Å². The monoisotopic (exact) mass is 254 g/mol. The van der Waals surface area contributed by atoms with Crippen LogP contribution in [0, 0.1) is 17.5 Å². The van der Waals surface area contributed by atoms with Gasteiger partial charge in [-0.25, -0.2) is 18.2 Å². The molecular weight excluding hydrogens is 241 g/mol. The fourth-order valence-corrected chi connectivity index (χ4v) is 1.94. The van der Waals surface area contributed by atoms with Crippen LogP contribution in [0.2, 0.25) is 0 Å². The van der Waals surface area contributed by atoms with Crippen LogP contribution >= 0.6 is 0 Å². The Bertz CT molecular complexity index is 597. The Hall–Kier alpha value is -1.78. The third-order valence-corrected chi connectivity index (χ3v) is 2.76. The number of hydrogen-bond acceptors (Lipinski definition) is 2. The van der Waals surface area contributed by atoms with E-state index in [0.29, 0.717) is 23.9 Å². The number of halogens is 3. The largest absolute Gasteiger partial charge is 0.387 e. The summed E-state index contributed by atoms with van der Waals surface area (Å²) in [4.78, 5) is 4.00. The second-order valence-electron chi connectivity index (χ2n) is 4.04. The van der Waals surface area contributed by atoms with Crippen molar-refractivity contribution in [3.8, 4) is 0 Å². The maximum atomic E-state index is 13.7. The van der Waals surface area contributed by atoms with E-state index in [1.165, 1.54) is 0 Å². The molecule has 2 aromatic rings. The first kappa shape index (κ1) is 12.7. The van der Waals surface area contributed by atoms with Gasteiger partial charge in [0.15, 0.2) is 11.6 Å². The summed E-state index contributed by atoms with van der Waals surface area (Å²) in [5.41, 5.74) is 0.765. The Morgan fingerprint density at radius 1 is 1.17 bits per heavy atom. The van der Waals surface area contributed by atoms with E-state index in [2.05, 4.69) is 10.3 Å². The predicted molar refractivity (Wildman–Crippen MR) is 65.2 cm³/mol. The van der Waals surface area contributed by atoms with Gasteiger partial charge in [0.05, 0.1) is 5.39 Å². The summed E-state index contributed by atoms with van der Waals surface area (Å²) in [5, 5.41) is 2.77. The molecule has 1 aromatic carbocycles. The number of pyridine rings is 1. The first-order valence-electron chi connectivity index (χ1n) is 5.73. The molecule has 96 valence electrons. The van der Waals surface area contributed by atoms with E-state index in [-0.39, 0.29) is 10.9 Å². The molecule has 0 saturated carbocycles. The van der Waals surface area contributed by atoms with E-state index in [4.69, 9.17) is 0 Å². The third kappa shape index (κ3) is 2.00. The summed E-state index contributed by atoms with van der Waals surface area (Å²) in [6.07, 6.45) is 1.45. The topological polar surface area (TPSA) is 24.9 Å². The molecule has 0 aliphatic carbocycles. The Labute approximate surface area is 103 Å². The van der Waals surface area contributed by atoms with Crippen molar-refractivity contribution >= 4 is 16.6 Å². The Morgan fingerprint density at radius 3 is 2.50 bits per heavy atom. The first-order chi connectivity index (χ1) is 8.58. The summed E-state index contributed by atoms with van der Waals surface area (Å²) >= 11 is 0. The van der Waals surface area contributed by atoms with Crippen molar-refractivity contribution in [2.75, 3.05) is 12.4 Å². The molecule has 1 heterocycles. The van der Waals surface area contributed by atoms with Crippen LogP contribution in [0.3, 0.4) is 0 Å². The number of hydrogen-bond donors (Lipinski definition) is 1. The molecule has 0 atom stereocenters. The molecule has 18 heavy (non-hydrogen) atoms. The summed E-state index contributed by atoms with van der Waals surface area (Å²) in [6, 6.07) is 2.20. The van der Waals surface area contributed by atoms with Crippen molar-refractivity contribution in [2.24, 2.45) is 0 Å². The maximum Gasteiger partial charge on any atom is 0.185 e. The SMILES string of the molecule is CCCc1cc(NC)c2c(F)cc(F)c(F)c2n1. The van der Waals surface area contributed by atoms with Crippen molar-refractivity contribution in [3.63, 3.8) is 0 Å². The minimum atomic E-state index is -1.22. The van der Waals surface area contributed by atoms with Gasteiger partial charge in [-0.15, -0.1) is 0 Å². The second kappa shape index (κ2) is 4.84. The van der Waals surface area contributed by atoms with E-state index in [1.807, 2.05) is 6.92 Å². The van der Waals surface area contributed by atoms with Gasteiger partial charge in [-0.05, 0) is 12.5 Å². The predicted octanol–water partition coefficient (Wildman–Crippen LogP) is 3.65. The van der Waals surface area contributed by atoms with Gasteiger partial charge in [-0.1, -0.05) is 13.3 Å². The summed E-state index contributed by atoms with van der Waals surface area (Å²) in [5.74, 6) is -3.15. The molecule has 0 fully saturated rings. The average molecular weight is 254 g/mol. The average Bonchev–Trinajstić information content (AvgIpc) is 2.35. The van der Waals surface area contributed by atoms with Gasteiger partial charge >= 0.3 is 0 Å². The van der Waals surface area contributed by atoms with Crippen LogP contribution in [0.1, 0.15) is 19.0 Å². The fourth-order valence-electron chi connectivity index (χ4n) is 1.94. The molecular formula is C13H13F3N2. The molecule has 0 unspecified atom stereocenters. The van der Waals surface area contributed by atoms with Crippen molar-refractivity contribution in [1.82, 2.24) is 4.98 Å². The van der Waals surface area contributed by atoms with Crippen LogP contribution in [0.4, 0.5) is 18.9 Å². The van der Waals surface area contributed by atoms with Gasteiger partial charge < -0.3 is 5.32 Å². The van der Waals surface area contributed by atoms with E-state index < -0.39 is 17.5 Å². The summed E-state index contributed by atoms with van der Waals surface area (Å²) in [7, 11) is 1.60. The van der Waals surface area contributed by atoms with E-state index in [9.17, 15) is 13.2 Å². The third-order valence-electron chi connectivity index (χ3n) is 2.76. The molecule has 0 amide bonds. The lowest BCUT2D eigenvalue weighted by molar-refractivity contribution is 0.504. The van der Waals surface area contributed by atoms with Gasteiger partial charge in [-0.2, -0.15) is 0 Å². The Kier molecular flexibility index (Phi) is 3.41. The van der Waals surface area contributed by atoms with Crippen LogP contribution in [0.5, 0.6) is 0 Å². The lowest BCUT2D eigenvalue weighted by atomic mass is 10.1. The smallest absolute Gasteiger partial charge is 0.185 e. The van der Waals surface area contributed by atoms with Gasteiger partial charge in [-0.3, -0.25) is 0 Å². The van der Waals surface area contributed by atoms with E-state index >= 15 is 0 Å². The maximum absolute atomic E-state index is 13.7. The van der Waals surface area contributed by atoms with Crippen molar-refractivity contribution in [3.05, 3.63) is 35.3 Å². The number of aryl methyl sites for hydroxylation is 1. The molecule has 2 rings (SSSR count).